The summed E-state index contributed by atoms with van der Waals surface area (Å²) in [5, 5.41) is 3.60. The Bertz CT molecular complexity index is 1100. The second-order valence-electron chi connectivity index (χ2n) is 6.81. The van der Waals surface area contributed by atoms with Gasteiger partial charge in [-0.15, -0.1) is 0 Å². The topological polar surface area (TPSA) is 88.9 Å². The molecule has 0 spiro atoms. The average molecular weight is 394 g/mol. The molecule has 3 aromatic rings. The molecule has 0 unspecified atom stereocenters. The molecular formula is C22H22N2O5. The van der Waals surface area contributed by atoms with E-state index in [-0.39, 0.29) is 25.0 Å². The van der Waals surface area contributed by atoms with Crippen LogP contribution in [0, 0.1) is 13.8 Å². The number of hydrogen-bond donors (Lipinski definition) is 1. The molecular weight excluding hydrogens is 372 g/mol. The molecule has 2 aromatic carbocycles. The number of nitrogens with zero attached hydrogens (tertiary/aromatic N) is 1. The summed E-state index contributed by atoms with van der Waals surface area (Å²) in [5.41, 5.74) is 2.59. The summed E-state index contributed by atoms with van der Waals surface area (Å²) in [6.07, 6.45) is 0. The molecule has 0 atom stereocenters. The number of anilines is 1. The Morgan fingerprint density at radius 1 is 1.07 bits per heavy atom. The minimum absolute atomic E-state index is 0.0947. The minimum atomic E-state index is -0.458. The van der Waals surface area contributed by atoms with E-state index in [4.69, 9.17) is 9.15 Å². The fraction of sp³-hybridized carbons (Fsp3) is 0.227. The van der Waals surface area contributed by atoms with Crippen molar-refractivity contribution in [3.8, 4) is 5.75 Å². The van der Waals surface area contributed by atoms with E-state index in [1.807, 2.05) is 32.0 Å². The summed E-state index contributed by atoms with van der Waals surface area (Å²) >= 11 is 0. The number of hydrogen-bond acceptors (Lipinski definition) is 5. The molecule has 1 heterocycles. The van der Waals surface area contributed by atoms with Crippen LogP contribution in [0.2, 0.25) is 0 Å². The lowest BCUT2D eigenvalue weighted by molar-refractivity contribution is -0.135. The number of carbonyl (C=O) groups is 2. The number of para-hydroxylation sites is 1. The molecule has 0 saturated heterocycles. The van der Waals surface area contributed by atoms with Crippen molar-refractivity contribution in [2.75, 3.05) is 25.5 Å². The number of carbonyl (C=O) groups excluding carboxylic acids is 2. The van der Waals surface area contributed by atoms with E-state index in [0.29, 0.717) is 11.3 Å². The van der Waals surface area contributed by atoms with E-state index < -0.39 is 5.63 Å². The van der Waals surface area contributed by atoms with E-state index in [1.165, 1.54) is 18.0 Å². The molecule has 0 bridgehead atoms. The monoisotopic (exact) mass is 394 g/mol. The summed E-state index contributed by atoms with van der Waals surface area (Å²) in [5.74, 6) is -0.240. The Balaban J connectivity index is 1.56. The highest BCUT2D eigenvalue weighted by molar-refractivity contribution is 5.95. The highest BCUT2D eigenvalue weighted by Crippen LogP contribution is 2.20. The van der Waals surface area contributed by atoms with Gasteiger partial charge in [-0.2, -0.15) is 0 Å². The highest BCUT2D eigenvalue weighted by Gasteiger charge is 2.15. The maximum absolute atomic E-state index is 12.3. The van der Waals surface area contributed by atoms with Gasteiger partial charge in [0.05, 0.1) is 6.54 Å². The van der Waals surface area contributed by atoms with Crippen LogP contribution in [0.1, 0.15) is 11.1 Å². The number of amides is 2. The molecule has 0 saturated carbocycles. The second kappa shape index (κ2) is 8.60. The van der Waals surface area contributed by atoms with Gasteiger partial charge in [0, 0.05) is 30.3 Å². The Hall–Kier alpha value is -3.61. The van der Waals surface area contributed by atoms with E-state index in [2.05, 4.69) is 5.32 Å². The molecule has 0 aliphatic heterocycles. The third kappa shape index (κ3) is 5.01. The van der Waals surface area contributed by atoms with Gasteiger partial charge in [-0.1, -0.05) is 18.2 Å². The zero-order valence-electron chi connectivity index (χ0n) is 16.5. The smallest absolute Gasteiger partial charge is 0.336 e. The van der Waals surface area contributed by atoms with Gasteiger partial charge in [-0.3, -0.25) is 9.59 Å². The van der Waals surface area contributed by atoms with Gasteiger partial charge in [0.2, 0.25) is 5.91 Å². The van der Waals surface area contributed by atoms with Crippen LogP contribution in [-0.2, 0) is 9.59 Å². The zero-order chi connectivity index (χ0) is 21.0. The van der Waals surface area contributed by atoms with E-state index in [9.17, 15) is 14.4 Å². The first kappa shape index (κ1) is 20.1. The maximum atomic E-state index is 12.3. The van der Waals surface area contributed by atoms with Crippen molar-refractivity contribution in [2.24, 2.45) is 0 Å². The van der Waals surface area contributed by atoms with Crippen LogP contribution in [0.25, 0.3) is 11.0 Å². The lowest BCUT2D eigenvalue weighted by Crippen LogP contribution is -2.37. The van der Waals surface area contributed by atoms with Gasteiger partial charge >= 0.3 is 5.63 Å². The quantitative estimate of drug-likeness (QED) is 0.650. The molecule has 3 rings (SSSR count). The minimum Gasteiger partial charge on any atom is -0.484 e. The van der Waals surface area contributed by atoms with Crippen molar-refractivity contribution in [1.29, 1.82) is 0 Å². The first-order chi connectivity index (χ1) is 13.8. The van der Waals surface area contributed by atoms with Gasteiger partial charge in [0.1, 0.15) is 11.3 Å². The number of ether oxygens (including phenoxy) is 1. The van der Waals surface area contributed by atoms with Crippen LogP contribution in [-0.4, -0.2) is 36.9 Å². The van der Waals surface area contributed by atoms with Crippen molar-refractivity contribution in [2.45, 2.75) is 13.8 Å². The number of aryl methyl sites for hydroxylation is 2. The lowest BCUT2D eigenvalue weighted by Gasteiger charge is -2.18. The molecule has 1 N–H and O–H groups in total. The molecule has 0 radical (unpaired) electrons. The molecule has 7 heteroatoms. The summed E-state index contributed by atoms with van der Waals surface area (Å²) in [7, 11) is 1.54. The summed E-state index contributed by atoms with van der Waals surface area (Å²) in [4.78, 5) is 37.2. The third-order valence-corrected chi connectivity index (χ3v) is 4.51. The molecule has 0 fully saturated rings. The zero-order valence-corrected chi connectivity index (χ0v) is 16.5. The van der Waals surface area contributed by atoms with Crippen LogP contribution < -0.4 is 15.7 Å². The van der Waals surface area contributed by atoms with E-state index in [1.54, 1.807) is 24.3 Å². The van der Waals surface area contributed by atoms with E-state index >= 15 is 0 Å². The molecule has 2 amide bonds. The van der Waals surface area contributed by atoms with Crippen molar-refractivity contribution in [3.63, 3.8) is 0 Å². The molecule has 7 nitrogen and oxygen atoms in total. The molecule has 0 aliphatic carbocycles. The van der Waals surface area contributed by atoms with Crippen LogP contribution in [0.3, 0.4) is 0 Å². The SMILES string of the molecule is Cc1cccc(C)c1NC(=O)CN(C)C(=O)COc1ccc2ccc(=O)oc2c1. The number of benzene rings is 2. The Morgan fingerprint density at radius 2 is 1.76 bits per heavy atom. The van der Waals surface area contributed by atoms with Gasteiger partial charge in [-0.05, 0) is 43.2 Å². The fourth-order valence-electron chi connectivity index (χ4n) is 2.88. The third-order valence-electron chi connectivity index (χ3n) is 4.51. The van der Waals surface area contributed by atoms with Crippen LogP contribution in [0.15, 0.2) is 57.7 Å². The Kier molecular flexibility index (Phi) is 5.97. The first-order valence-corrected chi connectivity index (χ1v) is 9.10. The molecule has 0 aliphatic rings. The number of rotatable bonds is 6. The first-order valence-electron chi connectivity index (χ1n) is 9.10. The molecule has 1 aromatic heterocycles. The number of likely N-dealkylation sites (N-methyl/N-ethyl adjacent to an activating group) is 1. The van der Waals surface area contributed by atoms with Crippen molar-refractivity contribution < 1.29 is 18.7 Å². The predicted molar refractivity (Wildman–Crippen MR) is 110 cm³/mol. The van der Waals surface area contributed by atoms with Crippen LogP contribution in [0.5, 0.6) is 5.75 Å². The predicted octanol–water partition coefficient (Wildman–Crippen LogP) is 2.89. The molecule has 29 heavy (non-hydrogen) atoms. The summed E-state index contributed by atoms with van der Waals surface area (Å²) in [6, 6.07) is 13.7. The summed E-state index contributed by atoms with van der Waals surface area (Å²) in [6.45, 7) is 3.49. The van der Waals surface area contributed by atoms with Gasteiger partial charge < -0.3 is 19.4 Å². The van der Waals surface area contributed by atoms with Crippen molar-refractivity contribution in [3.05, 3.63) is 70.1 Å². The van der Waals surface area contributed by atoms with Crippen molar-refractivity contribution in [1.82, 2.24) is 4.90 Å². The van der Waals surface area contributed by atoms with E-state index in [0.717, 1.165) is 22.2 Å². The molecule has 150 valence electrons. The maximum Gasteiger partial charge on any atom is 0.336 e. The normalized spacial score (nSPS) is 10.6. The lowest BCUT2D eigenvalue weighted by atomic mass is 10.1. The van der Waals surface area contributed by atoms with Gasteiger partial charge in [-0.25, -0.2) is 4.79 Å². The fourth-order valence-corrected chi connectivity index (χ4v) is 2.88. The van der Waals surface area contributed by atoms with Crippen LogP contribution in [0.4, 0.5) is 5.69 Å². The number of nitrogens with one attached hydrogen (secondary N) is 1. The summed E-state index contributed by atoms with van der Waals surface area (Å²) < 4.78 is 10.6. The highest BCUT2D eigenvalue weighted by atomic mass is 16.5. The largest absolute Gasteiger partial charge is 0.484 e. The van der Waals surface area contributed by atoms with Crippen molar-refractivity contribution >= 4 is 28.5 Å². The Morgan fingerprint density at radius 3 is 2.48 bits per heavy atom. The van der Waals surface area contributed by atoms with Gasteiger partial charge in [0.15, 0.2) is 6.61 Å². The van der Waals surface area contributed by atoms with Crippen LogP contribution >= 0.6 is 0 Å². The second-order valence-corrected chi connectivity index (χ2v) is 6.81. The number of fused-ring (bicyclic) bond motifs is 1. The van der Waals surface area contributed by atoms with Gasteiger partial charge in [0.25, 0.3) is 5.91 Å². The standard InChI is InChI=1S/C22H22N2O5/c1-14-5-4-6-15(2)22(14)23-19(25)12-24(3)20(26)13-28-17-9-7-16-8-10-21(27)29-18(16)11-17/h4-11H,12-13H2,1-3H3,(H,23,25). The Labute approximate surface area is 167 Å². The average Bonchev–Trinajstić information content (AvgIpc) is 2.68.